The van der Waals surface area contributed by atoms with E-state index in [9.17, 15) is 14.7 Å². The molecule has 0 saturated carbocycles. The first kappa shape index (κ1) is 13.9. The number of phenolic OH excluding ortho intramolecular Hbond substituents is 1. The molecule has 0 aliphatic carbocycles. The Bertz CT molecular complexity index is 991. The van der Waals surface area contributed by atoms with Crippen LogP contribution >= 0.6 is 0 Å². The van der Waals surface area contributed by atoms with Gasteiger partial charge in [-0.1, -0.05) is 6.08 Å². The molecule has 2 N–H and O–H groups in total. The number of H-pyrrole nitrogens is 1. The predicted octanol–water partition coefficient (Wildman–Crippen LogP) is 1.29. The number of imidazole rings is 1. The number of hydrogen-bond donors (Lipinski definition) is 2. The van der Waals surface area contributed by atoms with Crippen LogP contribution in [0.3, 0.4) is 0 Å². The van der Waals surface area contributed by atoms with Gasteiger partial charge in [0.05, 0.1) is 0 Å². The first-order valence-corrected chi connectivity index (χ1v) is 6.66. The molecule has 7 nitrogen and oxygen atoms in total. The molecule has 0 aliphatic heterocycles. The highest BCUT2D eigenvalue weighted by molar-refractivity contribution is 5.77. The first-order valence-electron chi connectivity index (χ1n) is 6.66. The van der Waals surface area contributed by atoms with Crippen LogP contribution in [0.2, 0.25) is 0 Å². The van der Waals surface area contributed by atoms with Crippen LogP contribution in [0.4, 0.5) is 0 Å². The number of aromatic nitrogens is 4. The van der Waals surface area contributed by atoms with Gasteiger partial charge in [0, 0.05) is 18.8 Å². The molecule has 0 saturated heterocycles. The molecule has 22 heavy (non-hydrogen) atoms. The van der Waals surface area contributed by atoms with Crippen molar-refractivity contribution in [1.82, 2.24) is 19.1 Å². The quantitative estimate of drug-likeness (QED) is 0.745. The number of aromatic amines is 1. The smallest absolute Gasteiger partial charge is 0.336 e. The molecule has 0 spiro atoms. The van der Waals surface area contributed by atoms with Crippen molar-refractivity contribution in [2.24, 2.45) is 7.05 Å². The van der Waals surface area contributed by atoms with Crippen LogP contribution in [0.5, 0.6) is 5.75 Å². The van der Waals surface area contributed by atoms with Crippen LogP contribution < -0.4 is 11.2 Å². The van der Waals surface area contributed by atoms with Gasteiger partial charge in [0.1, 0.15) is 11.6 Å². The lowest BCUT2D eigenvalue weighted by atomic mass is 10.2. The van der Waals surface area contributed by atoms with Crippen LogP contribution in [0.25, 0.3) is 28.8 Å². The van der Waals surface area contributed by atoms with Crippen molar-refractivity contribution < 1.29 is 5.11 Å². The Hall–Kier alpha value is -3.09. The maximum absolute atomic E-state index is 12.2. The van der Waals surface area contributed by atoms with E-state index in [0.29, 0.717) is 11.4 Å². The second kappa shape index (κ2) is 5.03. The molecule has 1 aromatic carbocycles. The minimum Gasteiger partial charge on any atom is -0.508 e. The second-order valence-electron chi connectivity index (χ2n) is 4.83. The fourth-order valence-electron chi connectivity index (χ4n) is 2.23. The minimum atomic E-state index is -0.459. The number of fused-ring (bicyclic) bond motifs is 1. The van der Waals surface area contributed by atoms with Gasteiger partial charge in [0.25, 0.3) is 5.56 Å². The molecule has 0 atom stereocenters. The van der Waals surface area contributed by atoms with Gasteiger partial charge in [0.2, 0.25) is 0 Å². The number of nitrogens with one attached hydrogen (secondary N) is 1. The van der Waals surface area contributed by atoms with E-state index in [1.165, 1.54) is 23.7 Å². The minimum absolute atomic E-state index is 0.140. The molecule has 2 heterocycles. The number of benzene rings is 1. The van der Waals surface area contributed by atoms with E-state index in [2.05, 4.69) is 9.97 Å². The topological polar surface area (TPSA) is 92.9 Å². The Balaban J connectivity index is 2.36. The Labute approximate surface area is 124 Å². The maximum Gasteiger partial charge on any atom is 0.336 e. The number of nitrogens with zero attached hydrogens (tertiary/aromatic N) is 3. The zero-order valence-electron chi connectivity index (χ0n) is 12.1. The summed E-state index contributed by atoms with van der Waals surface area (Å²) in [6.45, 7) is 1.77. The van der Waals surface area contributed by atoms with Crippen molar-refractivity contribution >= 4 is 17.4 Å². The van der Waals surface area contributed by atoms with Gasteiger partial charge < -0.3 is 10.1 Å². The van der Waals surface area contributed by atoms with E-state index in [1.54, 1.807) is 31.3 Å². The molecule has 0 bridgehead atoms. The van der Waals surface area contributed by atoms with Crippen LogP contribution in [0, 0.1) is 0 Å². The largest absolute Gasteiger partial charge is 0.508 e. The van der Waals surface area contributed by atoms with Gasteiger partial charge in [-0.15, -0.1) is 0 Å². The third-order valence-corrected chi connectivity index (χ3v) is 3.36. The van der Waals surface area contributed by atoms with Gasteiger partial charge in [-0.2, -0.15) is 0 Å². The van der Waals surface area contributed by atoms with E-state index < -0.39 is 11.2 Å². The summed E-state index contributed by atoms with van der Waals surface area (Å²) in [5.41, 5.74) is 0.339. The lowest BCUT2D eigenvalue weighted by molar-refractivity contribution is 0.475. The summed E-state index contributed by atoms with van der Waals surface area (Å²) in [5, 5.41) is 9.34. The van der Waals surface area contributed by atoms with Crippen molar-refractivity contribution in [3.8, 4) is 17.1 Å². The summed E-state index contributed by atoms with van der Waals surface area (Å²) in [6, 6.07) is 6.41. The van der Waals surface area contributed by atoms with E-state index in [0.717, 1.165) is 4.57 Å². The summed E-state index contributed by atoms with van der Waals surface area (Å²) < 4.78 is 2.35. The Morgan fingerprint density at radius 1 is 1.23 bits per heavy atom. The van der Waals surface area contributed by atoms with E-state index in [-0.39, 0.29) is 16.9 Å². The lowest BCUT2D eigenvalue weighted by Gasteiger charge is -2.02. The van der Waals surface area contributed by atoms with Crippen LogP contribution in [-0.4, -0.2) is 24.2 Å². The van der Waals surface area contributed by atoms with Gasteiger partial charge in [-0.05, 0) is 31.2 Å². The average molecular weight is 298 g/mol. The molecule has 7 heteroatoms. The van der Waals surface area contributed by atoms with Gasteiger partial charge in [0.15, 0.2) is 11.2 Å². The molecule has 0 unspecified atom stereocenters. The van der Waals surface area contributed by atoms with Gasteiger partial charge >= 0.3 is 5.69 Å². The highest BCUT2D eigenvalue weighted by Crippen LogP contribution is 2.20. The highest BCUT2D eigenvalue weighted by Gasteiger charge is 2.15. The predicted molar refractivity (Wildman–Crippen MR) is 83.7 cm³/mol. The Morgan fingerprint density at radius 2 is 1.91 bits per heavy atom. The first-order chi connectivity index (χ1) is 10.5. The summed E-state index contributed by atoms with van der Waals surface area (Å²) in [7, 11) is 1.42. The van der Waals surface area contributed by atoms with Gasteiger partial charge in [-0.3, -0.25) is 13.9 Å². The zero-order chi connectivity index (χ0) is 15.9. The van der Waals surface area contributed by atoms with E-state index in [4.69, 9.17) is 0 Å². The number of rotatable bonds is 2. The summed E-state index contributed by atoms with van der Waals surface area (Å²) in [5.74, 6) is 0.595. The van der Waals surface area contributed by atoms with Crippen LogP contribution in [0.15, 0.2) is 39.9 Å². The Morgan fingerprint density at radius 3 is 2.55 bits per heavy atom. The Kier molecular flexibility index (Phi) is 3.17. The third kappa shape index (κ3) is 2.03. The van der Waals surface area contributed by atoms with Crippen LogP contribution in [0.1, 0.15) is 6.92 Å². The average Bonchev–Trinajstić information content (AvgIpc) is 2.95. The van der Waals surface area contributed by atoms with E-state index >= 15 is 0 Å². The molecule has 2 aromatic heterocycles. The second-order valence-corrected chi connectivity index (χ2v) is 4.83. The fraction of sp³-hybridized carbons (Fsp3) is 0.133. The molecule has 0 amide bonds. The molecule has 0 aliphatic rings. The maximum atomic E-state index is 12.2. The number of aromatic hydroxyl groups is 1. The van der Waals surface area contributed by atoms with E-state index in [1.807, 2.05) is 0 Å². The van der Waals surface area contributed by atoms with Crippen LogP contribution in [-0.2, 0) is 7.05 Å². The summed E-state index contributed by atoms with van der Waals surface area (Å²) >= 11 is 0. The highest BCUT2D eigenvalue weighted by atomic mass is 16.3. The fourth-order valence-corrected chi connectivity index (χ4v) is 2.23. The lowest BCUT2D eigenvalue weighted by Crippen LogP contribution is -2.36. The summed E-state index contributed by atoms with van der Waals surface area (Å²) in [6.07, 6.45) is 3.26. The number of hydrogen-bond acceptors (Lipinski definition) is 4. The third-order valence-electron chi connectivity index (χ3n) is 3.36. The molecular formula is C15H14N4O3. The normalized spacial score (nSPS) is 11.5. The zero-order valence-corrected chi connectivity index (χ0v) is 12.1. The number of allylic oxidation sites excluding steroid dienone is 1. The molecule has 0 radical (unpaired) electrons. The molecular weight excluding hydrogens is 284 g/mol. The monoisotopic (exact) mass is 298 g/mol. The summed E-state index contributed by atoms with van der Waals surface area (Å²) in [4.78, 5) is 31.7. The molecule has 112 valence electrons. The van der Waals surface area contributed by atoms with Crippen molar-refractivity contribution in [3.63, 3.8) is 0 Å². The molecule has 3 rings (SSSR count). The molecule has 3 aromatic rings. The standard InChI is InChI=1S/C15H14N4O3/c1-3-8-19-13-11(14(21)18(2)15(19)22)16-12(17-13)9-4-6-10(20)7-5-9/h3-8,20H,1-2H3,(H,16,17). The molecule has 0 fully saturated rings. The van der Waals surface area contributed by atoms with Crippen molar-refractivity contribution in [2.75, 3.05) is 0 Å². The van der Waals surface area contributed by atoms with Crippen molar-refractivity contribution in [2.45, 2.75) is 6.92 Å². The van der Waals surface area contributed by atoms with Crippen molar-refractivity contribution in [1.29, 1.82) is 0 Å². The van der Waals surface area contributed by atoms with Gasteiger partial charge in [-0.25, -0.2) is 9.78 Å². The van der Waals surface area contributed by atoms with Crippen molar-refractivity contribution in [3.05, 3.63) is 51.2 Å². The SMILES string of the molecule is CC=Cn1c(=O)n(C)c(=O)c2[nH]c(-c3ccc(O)cc3)nc21. The number of phenols is 1.